The first-order valence-corrected chi connectivity index (χ1v) is 6.29. The normalized spacial score (nSPS) is 10.1. The van der Waals surface area contributed by atoms with E-state index in [1.54, 1.807) is 18.2 Å². The van der Waals surface area contributed by atoms with E-state index >= 15 is 0 Å². The SMILES string of the molecule is C[NH+](C)CCC(=O)NNC(=S)Nc1ccccc1F. The predicted molar refractivity (Wildman–Crippen MR) is 76.2 cm³/mol. The van der Waals surface area contributed by atoms with Crippen LogP contribution in [0, 0.1) is 5.82 Å². The Kier molecular flexibility index (Phi) is 6.17. The lowest BCUT2D eigenvalue weighted by Crippen LogP contribution is -3.05. The van der Waals surface area contributed by atoms with E-state index in [9.17, 15) is 9.18 Å². The molecule has 1 rings (SSSR count). The van der Waals surface area contributed by atoms with Crippen molar-refractivity contribution in [2.45, 2.75) is 6.42 Å². The molecule has 0 fully saturated rings. The molecule has 0 aliphatic heterocycles. The van der Waals surface area contributed by atoms with Crippen molar-refractivity contribution in [1.82, 2.24) is 10.9 Å². The van der Waals surface area contributed by atoms with Gasteiger partial charge < -0.3 is 10.2 Å². The van der Waals surface area contributed by atoms with Gasteiger partial charge in [0.05, 0.1) is 32.7 Å². The maximum atomic E-state index is 13.3. The number of amides is 1. The average molecular weight is 285 g/mol. The predicted octanol–water partition coefficient (Wildman–Crippen LogP) is -0.322. The highest BCUT2D eigenvalue weighted by Crippen LogP contribution is 2.11. The van der Waals surface area contributed by atoms with E-state index in [1.165, 1.54) is 11.0 Å². The number of carbonyl (C=O) groups excluding carboxylic acids is 1. The molecule has 0 saturated heterocycles. The standard InChI is InChI=1S/C12H17FN4OS/c1-17(2)8-7-11(18)15-16-12(19)14-10-6-4-3-5-9(10)13/h3-6H,7-8H2,1-2H3,(H,15,18)(H2,14,16,19)/p+1. The van der Waals surface area contributed by atoms with Crippen LogP contribution in [0.2, 0.25) is 0 Å². The molecule has 0 radical (unpaired) electrons. The number of hydrogen-bond donors (Lipinski definition) is 4. The van der Waals surface area contributed by atoms with Crippen LogP contribution in [-0.2, 0) is 4.79 Å². The van der Waals surface area contributed by atoms with Gasteiger partial charge in [-0.15, -0.1) is 0 Å². The van der Waals surface area contributed by atoms with Gasteiger partial charge in [0.1, 0.15) is 5.82 Å². The molecule has 1 amide bonds. The summed E-state index contributed by atoms with van der Waals surface area (Å²) in [6, 6.07) is 6.15. The maximum Gasteiger partial charge on any atom is 0.244 e. The van der Waals surface area contributed by atoms with Crippen LogP contribution in [0.25, 0.3) is 0 Å². The van der Waals surface area contributed by atoms with E-state index in [1.807, 2.05) is 14.1 Å². The third-order valence-electron chi connectivity index (χ3n) is 2.29. The van der Waals surface area contributed by atoms with Gasteiger partial charge in [0, 0.05) is 0 Å². The first kappa shape index (κ1) is 15.3. The van der Waals surface area contributed by atoms with Crippen LogP contribution in [0.5, 0.6) is 0 Å². The summed E-state index contributed by atoms with van der Waals surface area (Å²) in [6.45, 7) is 0.723. The molecule has 1 aromatic carbocycles. The molecule has 0 atom stereocenters. The molecule has 0 saturated carbocycles. The van der Waals surface area contributed by atoms with Gasteiger partial charge in [-0.25, -0.2) is 4.39 Å². The van der Waals surface area contributed by atoms with Crippen molar-refractivity contribution in [1.29, 1.82) is 0 Å². The van der Waals surface area contributed by atoms with Crippen LogP contribution < -0.4 is 21.1 Å². The van der Waals surface area contributed by atoms with Gasteiger partial charge in [-0.1, -0.05) is 12.1 Å². The Morgan fingerprint density at radius 3 is 2.63 bits per heavy atom. The average Bonchev–Trinajstić information content (AvgIpc) is 2.36. The summed E-state index contributed by atoms with van der Waals surface area (Å²) in [5, 5.41) is 2.79. The second-order valence-corrected chi connectivity index (χ2v) is 4.72. The summed E-state index contributed by atoms with van der Waals surface area (Å²) in [4.78, 5) is 12.6. The van der Waals surface area contributed by atoms with E-state index in [2.05, 4.69) is 16.2 Å². The summed E-state index contributed by atoms with van der Waals surface area (Å²) >= 11 is 4.94. The molecule has 0 aliphatic carbocycles. The first-order valence-electron chi connectivity index (χ1n) is 5.88. The van der Waals surface area contributed by atoms with E-state index in [4.69, 9.17) is 12.2 Å². The highest BCUT2D eigenvalue weighted by Gasteiger charge is 2.06. The van der Waals surface area contributed by atoms with Gasteiger partial charge in [-0.2, -0.15) is 0 Å². The number of carbonyl (C=O) groups is 1. The Hall–Kier alpha value is -1.73. The smallest absolute Gasteiger partial charge is 0.244 e. The highest BCUT2D eigenvalue weighted by molar-refractivity contribution is 7.80. The number of para-hydroxylation sites is 1. The quantitative estimate of drug-likeness (QED) is 0.452. The third kappa shape index (κ3) is 6.12. The van der Waals surface area contributed by atoms with Crippen LogP contribution in [0.3, 0.4) is 0 Å². The van der Waals surface area contributed by atoms with Crippen molar-refractivity contribution in [3.8, 4) is 0 Å². The Morgan fingerprint density at radius 2 is 2.00 bits per heavy atom. The van der Waals surface area contributed by atoms with E-state index in [0.29, 0.717) is 6.42 Å². The molecule has 104 valence electrons. The van der Waals surface area contributed by atoms with Gasteiger partial charge in [-0.05, 0) is 24.4 Å². The van der Waals surface area contributed by atoms with E-state index < -0.39 is 5.82 Å². The van der Waals surface area contributed by atoms with E-state index in [0.717, 1.165) is 6.54 Å². The number of thiocarbonyl (C=S) groups is 1. The number of hydrazine groups is 1. The van der Waals surface area contributed by atoms with Gasteiger partial charge in [0.25, 0.3) is 0 Å². The van der Waals surface area contributed by atoms with Gasteiger partial charge in [-0.3, -0.25) is 15.6 Å². The van der Waals surface area contributed by atoms with Crippen molar-refractivity contribution >= 4 is 28.9 Å². The lowest BCUT2D eigenvalue weighted by Gasteiger charge is -2.12. The molecule has 0 heterocycles. The second kappa shape index (κ2) is 7.65. The fourth-order valence-corrected chi connectivity index (χ4v) is 1.43. The minimum Gasteiger partial charge on any atom is -0.339 e. The van der Waals surface area contributed by atoms with Crippen molar-refractivity contribution < 1.29 is 14.1 Å². The minimum absolute atomic E-state index is 0.135. The molecule has 19 heavy (non-hydrogen) atoms. The summed E-state index contributed by atoms with van der Waals surface area (Å²) in [5.41, 5.74) is 5.23. The summed E-state index contributed by atoms with van der Waals surface area (Å²) in [7, 11) is 3.93. The lowest BCUT2D eigenvalue weighted by molar-refractivity contribution is -0.857. The molecule has 1 aromatic rings. The third-order valence-corrected chi connectivity index (χ3v) is 2.49. The van der Waals surface area contributed by atoms with Crippen molar-refractivity contribution in [3.63, 3.8) is 0 Å². The largest absolute Gasteiger partial charge is 0.339 e. The number of nitrogens with one attached hydrogen (secondary N) is 4. The topological polar surface area (TPSA) is 57.6 Å². The van der Waals surface area contributed by atoms with Crippen LogP contribution >= 0.6 is 12.2 Å². The number of anilines is 1. The van der Waals surface area contributed by atoms with Gasteiger partial charge in [0.15, 0.2) is 5.11 Å². The molecular weight excluding hydrogens is 267 g/mol. The molecule has 0 bridgehead atoms. The Bertz CT molecular complexity index is 453. The fourth-order valence-electron chi connectivity index (χ4n) is 1.27. The molecule has 7 heteroatoms. The summed E-state index contributed by atoms with van der Waals surface area (Å²) < 4.78 is 13.3. The van der Waals surface area contributed by atoms with Crippen molar-refractivity contribution in [3.05, 3.63) is 30.1 Å². The lowest BCUT2D eigenvalue weighted by atomic mass is 10.3. The number of rotatable bonds is 4. The molecule has 0 unspecified atom stereocenters. The molecule has 0 spiro atoms. The van der Waals surface area contributed by atoms with Crippen molar-refractivity contribution in [2.75, 3.05) is 26.0 Å². The van der Waals surface area contributed by atoms with E-state index in [-0.39, 0.29) is 16.7 Å². The monoisotopic (exact) mass is 285 g/mol. The van der Waals surface area contributed by atoms with Gasteiger partial charge >= 0.3 is 0 Å². The molecule has 4 N–H and O–H groups in total. The number of benzene rings is 1. The number of halogens is 1. The van der Waals surface area contributed by atoms with Crippen LogP contribution in [0.15, 0.2) is 24.3 Å². The fraction of sp³-hybridized carbons (Fsp3) is 0.333. The molecular formula is C12H18FN4OS+. The Balaban J connectivity index is 2.32. The van der Waals surface area contributed by atoms with Crippen LogP contribution in [0.4, 0.5) is 10.1 Å². The molecule has 5 nitrogen and oxygen atoms in total. The maximum absolute atomic E-state index is 13.3. The number of hydrogen-bond acceptors (Lipinski definition) is 2. The zero-order chi connectivity index (χ0) is 14.3. The first-order chi connectivity index (χ1) is 8.99. The second-order valence-electron chi connectivity index (χ2n) is 4.31. The highest BCUT2D eigenvalue weighted by atomic mass is 32.1. The summed E-state index contributed by atoms with van der Waals surface area (Å²) in [5.74, 6) is -0.576. The summed E-state index contributed by atoms with van der Waals surface area (Å²) in [6.07, 6.45) is 0.387. The minimum atomic E-state index is -0.408. The Labute approximate surface area is 117 Å². The Morgan fingerprint density at radius 1 is 1.32 bits per heavy atom. The van der Waals surface area contributed by atoms with Gasteiger partial charge in [0.2, 0.25) is 5.91 Å². The molecule has 0 aliphatic rings. The van der Waals surface area contributed by atoms with Crippen LogP contribution in [0.1, 0.15) is 6.42 Å². The zero-order valence-electron chi connectivity index (χ0n) is 10.9. The van der Waals surface area contributed by atoms with Crippen molar-refractivity contribution in [2.24, 2.45) is 0 Å². The zero-order valence-corrected chi connectivity index (χ0v) is 11.7. The van der Waals surface area contributed by atoms with Crippen LogP contribution in [-0.4, -0.2) is 31.7 Å². The number of quaternary nitrogens is 1. The molecule has 0 aromatic heterocycles.